The Labute approximate surface area is 75.5 Å². The molecule has 0 aromatic carbocycles. The molecule has 1 fully saturated rings. The van der Waals surface area contributed by atoms with E-state index >= 15 is 0 Å². The van der Waals surface area contributed by atoms with Crippen LogP contribution in [0, 0.1) is 11.8 Å². The van der Waals surface area contributed by atoms with E-state index < -0.39 is 0 Å². The molecule has 1 aliphatic carbocycles. The van der Waals surface area contributed by atoms with E-state index in [1.165, 1.54) is 25.7 Å². The number of hydrogen-bond acceptors (Lipinski definition) is 1. The van der Waals surface area contributed by atoms with Gasteiger partial charge in [0.25, 0.3) is 0 Å². The van der Waals surface area contributed by atoms with E-state index in [1.807, 2.05) is 0 Å². The second kappa shape index (κ2) is 4.64. The van der Waals surface area contributed by atoms with Crippen molar-refractivity contribution in [3.63, 3.8) is 0 Å². The summed E-state index contributed by atoms with van der Waals surface area (Å²) in [6.45, 7) is 4.43. The highest BCUT2D eigenvalue weighted by Crippen LogP contribution is 2.35. The lowest BCUT2D eigenvalue weighted by Crippen LogP contribution is -2.06. The van der Waals surface area contributed by atoms with Crippen molar-refractivity contribution < 1.29 is 4.79 Å². The Balaban J connectivity index is 2.41. The van der Waals surface area contributed by atoms with Crippen molar-refractivity contribution in [1.82, 2.24) is 0 Å². The third-order valence-electron chi connectivity index (χ3n) is 2.97. The third kappa shape index (κ3) is 2.33. The summed E-state index contributed by atoms with van der Waals surface area (Å²) >= 11 is 0. The summed E-state index contributed by atoms with van der Waals surface area (Å²) < 4.78 is 0. The van der Waals surface area contributed by atoms with E-state index in [0.29, 0.717) is 5.78 Å². The molecule has 0 heterocycles. The summed E-state index contributed by atoms with van der Waals surface area (Å²) in [6, 6.07) is 0. The van der Waals surface area contributed by atoms with E-state index in [2.05, 4.69) is 13.8 Å². The van der Waals surface area contributed by atoms with Crippen molar-refractivity contribution >= 4 is 5.78 Å². The van der Waals surface area contributed by atoms with Gasteiger partial charge in [-0.1, -0.05) is 39.5 Å². The molecular formula is C11H20O. The maximum atomic E-state index is 11.2. The minimum atomic E-state index is 0.506. The van der Waals surface area contributed by atoms with Crippen LogP contribution in [-0.2, 0) is 4.79 Å². The Morgan fingerprint density at radius 3 is 1.83 bits per heavy atom. The molecule has 0 aromatic heterocycles. The number of hydrogen-bond donors (Lipinski definition) is 0. The van der Waals surface area contributed by atoms with Crippen molar-refractivity contribution in [3.05, 3.63) is 0 Å². The molecule has 1 saturated carbocycles. The van der Waals surface area contributed by atoms with Crippen LogP contribution < -0.4 is 0 Å². The predicted octanol–water partition coefficient (Wildman–Crippen LogP) is 3.18. The van der Waals surface area contributed by atoms with Gasteiger partial charge in [0.1, 0.15) is 5.78 Å². The van der Waals surface area contributed by atoms with Gasteiger partial charge in [0, 0.05) is 12.8 Å². The second-order valence-corrected chi connectivity index (χ2v) is 4.04. The molecule has 12 heavy (non-hydrogen) atoms. The highest BCUT2D eigenvalue weighted by molar-refractivity contribution is 5.81. The SMILES string of the molecule is CCC[C@H]1CC(=O)C[C@@H]1CCC. The number of ketones is 1. The minimum absolute atomic E-state index is 0.506. The molecule has 0 aliphatic heterocycles. The first-order valence-corrected chi connectivity index (χ1v) is 5.29. The van der Waals surface area contributed by atoms with Crippen molar-refractivity contribution in [2.75, 3.05) is 0 Å². The van der Waals surface area contributed by atoms with Crippen LogP contribution in [0.4, 0.5) is 0 Å². The first kappa shape index (κ1) is 9.76. The first-order chi connectivity index (χ1) is 5.77. The Kier molecular flexibility index (Phi) is 3.77. The normalized spacial score (nSPS) is 29.7. The number of rotatable bonds is 4. The van der Waals surface area contributed by atoms with Gasteiger partial charge >= 0.3 is 0 Å². The Morgan fingerprint density at radius 1 is 1.08 bits per heavy atom. The van der Waals surface area contributed by atoms with Crippen LogP contribution in [0.25, 0.3) is 0 Å². The summed E-state index contributed by atoms with van der Waals surface area (Å²) in [6.07, 6.45) is 6.74. The molecule has 1 aliphatic rings. The fourth-order valence-electron chi connectivity index (χ4n) is 2.42. The molecule has 0 bridgehead atoms. The first-order valence-electron chi connectivity index (χ1n) is 5.29. The maximum Gasteiger partial charge on any atom is 0.133 e. The molecule has 0 spiro atoms. The van der Waals surface area contributed by atoms with Crippen LogP contribution in [0.3, 0.4) is 0 Å². The molecule has 70 valence electrons. The van der Waals surface area contributed by atoms with E-state index in [0.717, 1.165) is 24.7 Å². The zero-order chi connectivity index (χ0) is 8.97. The van der Waals surface area contributed by atoms with Gasteiger partial charge in [0.05, 0.1) is 0 Å². The van der Waals surface area contributed by atoms with Gasteiger partial charge in [-0.3, -0.25) is 4.79 Å². The van der Waals surface area contributed by atoms with Crippen molar-refractivity contribution in [2.45, 2.75) is 52.4 Å². The molecule has 0 aromatic rings. The lowest BCUT2D eigenvalue weighted by molar-refractivity contribution is -0.117. The van der Waals surface area contributed by atoms with E-state index in [1.54, 1.807) is 0 Å². The molecule has 0 radical (unpaired) electrons. The molecule has 0 unspecified atom stereocenters. The highest BCUT2D eigenvalue weighted by Gasteiger charge is 2.30. The van der Waals surface area contributed by atoms with Crippen LogP contribution in [-0.4, -0.2) is 5.78 Å². The van der Waals surface area contributed by atoms with Crippen molar-refractivity contribution in [1.29, 1.82) is 0 Å². The largest absolute Gasteiger partial charge is 0.300 e. The van der Waals surface area contributed by atoms with Crippen LogP contribution in [0.2, 0.25) is 0 Å². The van der Waals surface area contributed by atoms with Gasteiger partial charge in [-0.15, -0.1) is 0 Å². The quantitative estimate of drug-likeness (QED) is 0.630. The molecule has 0 saturated heterocycles. The number of carbonyl (C=O) groups is 1. The summed E-state index contributed by atoms with van der Waals surface area (Å²) in [5.74, 6) is 1.96. The topological polar surface area (TPSA) is 17.1 Å². The average Bonchev–Trinajstić information content (AvgIpc) is 2.33. The third-order valence-corrected chi connectivity index (χ3v) is 2.97. The summed E-state index contributed by atoms with van der Waals surface area (Å²) in [5, 5.41) is 0. The molecular weight excluding hydrogens is 148 g/mol. The van der Waals surface area contributed by atoms with Crippen LogP contribution in [0.15, 0.2) is 0 Å². The molecule has 2 atom stereocenters. The molecule has 1 nitrogen and oxygen atoms in total. The summed E-state index contributed by atoms with van der Waals surface area (Å²) in [5.41, 5.74) is 0. The van der Waals surface area contributed by atoms with Gasteiger partial charge in [0.15, 0.2) is 0 Å². The fraction of sp³-hybridized carbons (Fsp3) is 0.909. The van der Waals surface area contributed by atoms with Crippen molar-refractivity contribution in [2.24, 2.45) is 11.8 Å². The maximum absolute atomic E-state index is 11.2. The minimum Gasteiger partial charge on any atom is -0.300 e. The van der Waals surface area contributed by atoms with E-state index in [9.17, 15) is 4.79 Å². The summed E-state index contributed by atoms with van der Waals surface area (Å²) in [4.78, 5) is 11.2. The standard InChI is InChI=1S/C11H20O/c1-3-5-9-7-11(12)8-10(9)6-4-2/h9-10H,3-8H2,1-2H3/t9-,10-/m0/s1. The van der Waals surface area contributed by atoms with Gasteiger partial charge < -0.3 is 0 Å². The Morgan fingerprint density at radius 2 is 1.50 bits per heavy atom. The van der Waals surface area contributed by atoms with Crippen molar-refractivity contribution in [3.8, 4) is 0 Å². The smallest absolute Gasteiger partial charge is 0.133 e. The lowest BCUT2D eigenvalue weighted by Gasteiger charge is -2.16. The molecule has 0 amide bonds. The monoisotopic (exact) mass is 168 g/mol. The second-order valence-electron chi connectivity index (χ2n) is 4.04. The Bertz CT molecular complexity index is 135. The number of carbonyl (C=O) groups excluding carboxylic acids is 1. The van der Waals surface area contributed by atoms with E-state index in [-0.39, 0.29) is 0 Å². The van der Waals surface area contributed by atoms with Crippen LogP contribution >= 0.6 is 0 Å². The van der Waals surface area contributed by atoms with Gasteiger partial charge in [0.2, 0.25) is 0 Å². The van der Waals surface area contributed by atoms with Gasteiger partial charge in [-0.05, 0) is 11.8 Å². The van der Waals surface area contributed by atoms with Gasteiger partial charge in [-0.2, -0.15) is 0 Å². The lowest BCUT2D eigenvalue weighted by atomic mass is 9.89. The molecule has 1 heteroatoms. The zero-order valence-electron chi connectivity index (χ0n) is 8.31. The highest BCUT2D eigenvalue weighted by atomic mass is 16.1. The van der Waals surface area contributed by atoms with E-state index in [4.69, 9.17) is 0 Å². The zero-order valence-corrected chi connectivity index (χ0v) is 8.31. The molecule has 1 rings (SSSR count). The van der Waals surface area contributed by atoms with Crippen LogP contribution in [0.1, 0.15) is 52.4 Å². The number of Topliss-reactive ketones (excluding diaryl/α,β-unsaturated/α-hetero) is 1. The summed E-state index contributed by atoms with van der Waals surface area (Å²) in [7, 11) is 0. The predicted molar refractivity (Wildman–Crippen MR) is 51.0 cm³/mol. The Hall–Kier alpha value is -0.330. The fourth-order valence-corrected chi connectivity index (χ4v) is 2.42. The average molecular weight is 168 g/mol. The van der Waals surface area contributed by atoms with Gasteiger partial charge in [-0.25, -0.2) is 0 Å². The molecule has 0 N–H and O–H groups in total. The van der Waals surface area contributed by atoms with Crippen LogP contribution in [0.5, 0.6) is 0 Å².